The van der Waals surface area contributed by atoms with Crippen molar-refractivity contribution in [3.63, 3.8) is 0 Å². The van der Waals surface area contributed by atoms with Crippen molar-refractivity contribution in [3.8, 4) is 0 Å². The van der Waals surface area contributed by atoms with Crippen molar-refractivity contribution < 1.29 is 9.90 Å². The molecular formula is C12H18N4O3S. The normalized spacial score (nSPS) is 29.8. The zero-order chi connectivity index (χ0) is 14.3. The molecule has 2 aliphatic carbocycles. The fourth-order valence-electron chi connectivity index (χ4n) is 2.81. The molecule has 0 spiro atoms. The lowest BCUT2D eigenvalue weighted by atomic mass is 9.99. The Balaban J connectivity index is 1.74. The van der Waals surface area contributed by atoms with Crippen molar-refractivity contribution in [2.45, 2.75) is 54.1 Å². The molecule has 0 saturated heterocycles. The van der Waals surface area contributed by atoms with Gasteiger partial charge in [-0.2, -0.15) is 0 Å². The minimum absolute atomic E-state index is 0.161. The highest BCUT2D eigenvalue weighted by Gasteiger charge is 2.45. The summed E-state index contributed by atoms with van der Waals surface area (Å²) in [5.74, 6) is -0.801. The van der Waals surface area contributed by atoms with Crippen LogP contribution in [-0.2, 0) is 4.79 Å². The summed E-state index contributed by atoms with van der Waals surface area (Å²) < 4.78 is 1.71. The van der Waals surface area contributed by atoms with Gasteiger partial charge in [0.1, 0.15) is 5.54 Å². The standard InChI is InChI=1S/C12H18N4O3S/c1-13-12(9(17)18)5-4-8(6-12)20-11-15-14-10(19)16(11)7-2-3-7/h7-8,13H,2-6H2,1H3,(H,14,19)(H,17,18). The molecule has 1 aromatic rings. The third-order valence-corrected chi connectivity index (χ3v) is 5.45. The maximum atomic E-state index is 11.7. The van der Waals surface area contributed by atoms with Gasteiger partial charge in [0.05, 0.1) is 0 Å². The van der Waals surface area contributed by atoms with Gasteiger partial charge in [-0.05, 0) is 39.2 Å². The summed E-state index contributed by atoms with van der Waals surface area (Å²) in [5, 5.41) is 19.7. The zero-order valence-corrected chi connectivity index (χ0v) is 12.1. The first-order chi connectivity index (χ1) is 9.55. The van der Waals surface area contributed by atoms with Gasteiger partial charge in [0.2, 0.25) is 0 Å². The Labute approximate surface area is 120 Å². The average molecular weight is 298 g/mol. The van der Waals surface area contributed by atoms with Gasteiger partial charge in [0.25, 0.3) is 0 Å². The number of hydrogen-bond acceptors (Lipinski definition) is 5. The molecule has 0 aromatic carbocycles. The second kappa shape index (κ2) is 4.92. The van der Waals surface area contributed by atoms with Gasteiger partial charge in [-0.1, -0.05) is 11.8 Å². The Bertz CT molecular complexity index is 580. The third kappa shape index (κ3) is 2.26. The summed E-state index contributed by atoms with van der Waals surface area (Å²) in [6.45, 7) is 0. The first kappa shape index (κ1) is 13.7. The summed E-state index contributed by atoms with van der Waals surface area (Å²) in [5.41, 5.74) is -0.996. The molecule has 8 heteroatoms. The highest BCUT2D eigenvalue weighted by molar-refractivity contribution is 7.99. The fourth-order valence-corrected chi connectivity index (χ4v) is 4.15. The van der Waals surface area contributed by atoms with Crippen LogP contribution in [0.25, 0.3) is 0 Å². The number of likely N-dealkylation sites (N-methyl/N-ethyl adjacent to an activating group) is 1. The van der Waals surface area contributed by atoms with Gasteiger partial charge < -0.3 is 10.4 Å². The fraction of sp³-hybridized carbons (Fsp3) is 0.750. The molecule has 0 amide bonds. The molecule has 0 aliphatic heterocycles. The van der Waals surface area contributed by atoms with E-state index in [0.717, 1.165) is 19.3 Å². The molecule has 2 aliphatic rings. The van der Waals surface area contributed by atoms with E-state index in [1.165, 1.54) is 11.8 Å². The number of rotatable bonds is 5. The number of nitrogens with zero attached hydrogens (tertiary/aromatic N) is 2. The predicted octanol–water partition coefficient (Wildman–Crippen LogP) is 0.594. The van der Waals surface area contributed by atoms with Crippen LogP contribution in [0.5, 0.6) is 0 Å². The smallest absolute Gasteiger partial charge is 0.344 e. The molecule has 1 heterocycles. The second-order valence-corrected chi connectivity index (χ2v) is 6.80. The number of thioether (sulfide) groups is 1. The van der Waals surface area contributed by atoms with E-state index in [-0.39, 0.29) is 17.0 Å². The highest BCUT2D eigenvalue weighted by Crippen LogP contribution is 2.42. The van der Waals surface area contributed by atoms with Crippen LogP contribution in [0.3, 0.4) is 0 Å². The number of carboxylic acids is 1. The number of H-pyrrole nitrogens is 1. The molecule has 2 atom stereocenters. The van der Waals surface area contributed by atoms with Gasteiger partial charge in [-0.3, -0.25) is 9.36 Å². The van der Waals surface area contributed by atoms with Crippen molar-refractivity contribution in [3.05, 3.63) is 10.5 Å². The van der Waals surface area contributed by atoms with Gasteiger partial charge in [0.15, 0.2) is 5.16 Å². The summed E-state index contributed by atoms with van der Waals surface area (Å²) >= 11 is 1.52. The van der Waals surface area contributed by atoms with E-state index < -0.39 is 11.5 Å². The Morgan fingerprint density at radius 1 is 1.55 bits per heavy atom. The first-order valence-electron chi connectivity index (χ1n) is 6.81. The van der Waals surface area contributed by atoms with Crippen molar-refractivity contribution >= 4 is 17.7 Å². The number of carboxylic acid groups (broad SMARTS) is 1. The van der Waals surface area contributed by atoms with Crippen molar-refractivity contribution in [1.82, 2.24) is 20.1 Å². The van der Waals surface area contributed by atoms with Gasteiger partial charge in [0, 0.05) is 11.3 Å². The molecule has 110 valence electrons. The molecule has 2 saturated carbocycles. The maximum Gasteiger partial charge on any atom is 0.344 e. The quantitative estimate of drug-likeness (QED) is 0.736. The van der Waals surface area contributed by atoms with Crippen LogP contribution in [0.2, 0.25) is 0 Å². The zero-order valence-electron chi connectivity index (χ0n) is 11.3. The molecule has 3 N–H and O–H groups in total. The van der Waals surface area contributed by atoms with Crippen molar-refractivity contribution in [2.75, 3.05) is 7.05 Å². The number of aliphatic carboxylic acids is 1. The predicted molar refractivity (Wildman–Crippen MR) is 74.0 cm³/mol. The van der Waals surface area contributed by atoms with E-state index in [1.54, 1.807) is 11.6 Å². The third-order valence-electron chi connectivity index (χ3n) is 4.21. The Hall–Kier alpha value is -1.28. The molecule has 2 unspecified atom stereocenters. The average Bonchev–Trinajstić information content (AvgIpc) is 3.05. The minimum atomic E-state index is -0.835. The van der Waals surface area contributed by atoms with Crippen LogP contribution in [0.4, 0.5) is 0 Å². The van der Waals surface area contributed by atoms with Gasteiger partial charge in [-0.25, -0.2) is 9.89 Å². The SMILES string of the molecule is CNC1(C(=O)O)CCC(Sc2n[nH]c(=O)n2C2CC2)C1. The van der Waals surface area contributed by atoms with Gasteiger partial charge in [-0.15, -0.1) is 5.10 Å². The largest absolute Gasteiger partial charge is 0.480 e. The number of aromatic nitrogens is 3. The second-order valence-electron chi connectivity index (χ2n) is 5.53. The summed E-state index contributed by atoms with van der Waals surface area (Å²) in [7, 11) is 1.69. The number of hydrogen-bond donors (Lipinski definition) is 3. The summed E-state index contributed by atoms with van der Waals surface area (Å²) in [6, 6.07) is 0.277. The van der Waals surface area contributed by atoms with E-state index in [0.29, 0.717) is 18.0 Å². The van der Waals surface area contributed by atoms with E-state index in [4.69, 9.17) is 0 Å². The first-order valence-corrected chi connectivity index (χ1v) is 7.69. The molecule has 0 bridgehead atoms. The van der Waals surface area contributed by atoms with E-state index in [1.807, 2.05) is 0 Å². The van der Waals surface area contributed by atoms with Crippen LogP contribution < -0.4 is 11.0 Å². The van der Waals surface area contributed by atoms with Gasteiger partial charge >= 0.3 is 11.7 Å². The van der Waals surface area contributed by atoms with Crippen LogP contribution in [0, 0.1) is 0 Å². The van der Waals surface area contributed by atoms with E-state index in [9.17, 15) is 14.7 Å². The molecule has 1 aromatic heterocycles. The number of aromatic amines is 1. The van der Waals surface area contributed by atoms with Crippen LogP contribution in [-0.4, -0.2) is 43.7 Å². The lowest BCUT2D eigenvalue weighted by molar-refractivity contribution is -0.144. The number of nitrogens with one attached hydrogen (secondary N) is 2. The lowest BCUT2D eigenvalue weighted by Gasteiger charge is -2.23. The van der Waals surface area contributed by atoms with E-state index >= 15 is 0 Å². The lowest BCUT2D eigenvalue weighted by Crippen LogP contribution is -2.48. The summed E-state index contributed by atoms with van der Waals surface area (Å²) in [6.07, 6.45) is 4.01. The van der Waals surface area contributed by atoms with E-state index in [2.05, 4.69) is 15.5 Å². The topological polar surface area (TPSA) is 100 Å². The Kier molecular flexibility index (Phi) is 3.37. The van der Waals surface area contributed by atoms with Crippen molar-refractivity contribution in [1.29, 1.82) is 0 Å². The number of carbonyl (C=O) groups is 1. The molecule has 20 heavy (non-hydrogen) atoms. The highest BCUT2D eigenvalue weighted by atomic mass is 32.2. The molecule has 3 rings (SSSR count). The maximum absolute atomic E-state index is 11.7. The molecule has 0 radical (unpaired) electrons. The minimum Gasteiger partial charge on any atom is -0.480 e. The van der Waals surface area contributed by atoms with Crippen LogP contribution >= 0.6 is 11.8 Å². The molecular weight excluding hydrogens is 280 g/mol. The van der Waals surface area contributed by atoms with Crippen molar-refractivity contribution in [2.24, 2.45) is 0 Å². The van der Waals surface area contributed by atoms with Crippen LogP contribution in [0.15, 0.2) is 9.95 Å². The monoisotopic (exact) mass is 298 g/mol. The Morgan fingerprint density at radius 2 is 2.30 bits per heavy atom. The summed E-state index contributed by atoms with van der Waals surface area (Å²) in [4.78, 5) is 23.1. The molecule has 7 nitrogen and oxygen atoms in total. The molecule has 2 fully saturated rings. The van der Waals surface area contributed by atoms with Crippen LogP contribution in [0.1, 0.15) is 38.1 Å². The Morgan fingerprint density at radius 3 is 2.85 bits per heavy atom.